The van der Waals surface area contributed by atoms with Crippen molar-refractivity contribution in [3.63, 3.8) is 0 Å². The van der Waals surface area contributed by atoms with Crippen LogP contribution in [-0.2, 0) is 4.79 Å². The summed E-state index contributed by atoms with van der Waals surface area (Å²) in [7, 11) is 0. The Morgan fingerprint density at radius 2 is 1.59 bits per heavy atom. The quantitative estimate of drug-likeness (QED) is 0.653. The van der Waals surface area contributed by atoms with Crippen LogP contribution >= 0.6 is 11.8 Å². The Balaban J connectivity index is 1.85. The van der Waals surface area contributed by atoms with E-state index in [4.69, 9.17) is 4.74 Å². The summed E-state index contributed by atoms with van der Waals surface area (Å²) in [4.78, 5) is 27.2. The summed E-state index contributed by atoms with van der Waals surface area (Å²) in [6.45, 7) is 7.84. The number of nitrogens with one attached hydrogen (secondary N) is 1. The highest BCUT2D eigenvalue weighted by Gasteiger charge is 2.12. The van der Waals surface area contributed by atoms with Crippen molar-refractivity contribution >= 4 is 29.3 Å². The molecule has 0 aliphatic carbocycles. The van der Waals surface area contributed by atoms with E-state index < -0.39 is 0 Å². The molecule has 6 heteroatoms. The van der Waals surface area contributed by atoms with Gasteiger partial charge < -0.3 is 15.0 Å². The number of rotatable bonds is 9. The number of ether oxygens (including phenoxy) is 1. The molecule has 0 atom stereocenters. The van der Waals surface area contributed by atoms with Crippen molar-refractivity contribution in [2.45, 2.75) is 25.7 Å². The lowest BCUT2D eigenvalue weighted by atomic mass is 10.2. The zero-order chi connectivity index (χ0) is 19.6. The molecular formula is C21H26N2O3S. The molecule has 0 aromatic heterocycles. The van der Waals surface area contributed by atoms with Crippen molar-refractivity contribution in [1.82, 2.24) is 4.90 Å². The van der Waals surface area contributed by atoms with Crippen LogP contribution in [0.5, 0.6) is 5.75 Å². The molecule has 0 bridgehead atoms. The van der Waals surface area contributed by atoms with Crippen LogP contribution in [0.4, 0.5) is 5.69 Å². The largest absolute Gasteiger partial charge is 0.494 e. The van der Waals surface area contributed by atoms with Crippen molar-refractivity contribution in [2.75, 3.05) is 30.8 Å². The standard InChI is InChI=1S/C21H26N2O3S/c1-4-23(5-2)21(25)16-7-9-17(10-8-16)22-20(24)15-27-19-13-11-18(12-14-19)26-6-3/h7-14H,4-6,15H2,1-3H3,(H,22,24). The van der Waals surface area contributed by atoms with Crippen molar-refractivity contribution in [3.8, 4) is 5.75 Å². The van der Waals surface area contributed by atoms with Gasteiger partial charge in [0.15, 0.2) is 0 Å². The smallest absolute Gasteiger partial charge is 0.253 e. The third-order valence-corrected chi connectivity index (χ3v) is 4.98. The van der Waals surface area contributed by atoms with Gasteiger partial charge >= 0.3 is 0 Å². The Hall–Kier alpha value is -2.47. The molecule has 1 N–H and O–H groups in total. The van der Waals surface area contributed by atoms with Crippen LogP contribution in [0.25, 0.3) is 0 Å². The van der Waals surface area contributed by atoms with Crippen LogP contribution in [-0.4, -0.2) is 42.2 Å². The van der Waals surface area contributed by atoms with E-state index >= 15 is 0 Å². The molecule has 2 aromatic carbocycles. The number of carbonyl (C=O) groups excluding carboxylic acids is 2. The summed E-state index contributed by atoms with van der Waals surface area (Å²) in [6, 6.07) is 14.7. The minimum Gasteiger partial charge on any atom is -0.494 e. The maximum atomic E-state index is 12.3. The van der Waals surface area contributed by atoms with Crippen molar-refractivity contribution < 1.29 is 14.3 Å². The van der Waals surface area contributed by atoms with E-state index in [0.29, 0.717) is 36.7 Å². The number of nitrogens with zero attached hydrogens (tertiary/aromatic N) is 1. The zero-order valence-corrected chi connectivity index (χ0v) is 16.8. The Kier molecular flexibility index (Phi) is 8.20. The number of hydrogen-bond acceptors (Lipinski definition) is 4. The summed E-state index contributed by atoms with van der Waals surface area (Å²) >= 11 is 1.46. The van der Waals surface area contributed by atoms with Crippen molar-refractivity contribution in [2.24, 2.45) is 0 Å². The summed E-state index contributed by atoms with van der Waals surface area (Å²) < 4.78 is 5.41. The second-order valence-electron chi connectivity index (χ2n) is 5.80. The van der Waals surface area contributed by atoms with Crippen LogP contribution < -0.4 is 10.1 Å². The molecule has 27 heavy (non-hydrogen) atoms. The lowest BCUT2D eigenvalue weighted by molar-refractivity contribution is -0.113. The molecule has 0 saturated carbocycles. The zero-order valence-electron chi connectivity index (χ0n) is 16.0. The minimum absolute atomic E-state index is 0.00364. The van der Waals surface area contributed by atoms with E-state index in [0.717, 1.165) is 10.6 Å². The first kappa shape index (κ1) is 20.8. The minimum atomic E-state index is -0.0864. The highest BCUT2D eigenvalue weighted by atomic mass is 32.2. The second kappa shape index (κ2) is 10.6. The average Bonchev–Trinajstić information content (AvgIpc) is 2.69. The second-order valence-corrected chi connectivity index (χ2v) is 6.84. The molecule has 5 nitrogen and oxygen atoms in total. The predicted octanol–water partition coefficient (Wildman–Crippen LogP) is 4.30. The van der Waals surface area contributed by atoms with Gasteiger partial charge in [0.25, 0.3) is 5.91 Å². The predicted molar refractivity (Wildman–Crippen MR) is 111 cm³/mol. The highest BCUT2D eigenvalue weighted by Crippen LogP contribution is 2.22. The average molecular weight is 387 g/mol. The van der Waals surface area contributed by atoms with E-state index in [1.165, 1.54) is 11.8 Å². The van der Waals surface area contributed by atoms with Gasteiger partial charge in [0.1, 0.15) is 5.75 Å². The molecule has 2 rings (SSSR count). The molecule has 0 fully saturated rings. The van der Waals surface area contributed by atoms with Gasteiger partial charge in [-0.25, -0.2) is 0 Å². The normalized spacial score (nSPS) is 10.3. The van der Waals surface area contributed by atoms with Gasteiger partial charge in [-0.05, 0) is 69.3 Å². The molecule has 2 amide bonds. The van der Waals surface area contributed by atoms with Gasteiger partial charge in [-0.15, -0.1) is 11.8 Å². The topological polar surface area (TPSA) is 58.6 Å². The maximum Gasteiger partial charge on any atom is 0.253 e. The molecule has 0 aliphatic heterocycles. The van der Waals surface area contributed by atoms with Crippen LogP contribution in [0.3, 0.4) is 0 Å². The van der Waals surface area contributed by atoms with E-state index in [1.807, 2.05) is 45.0 Å². The fraction of sp³-hybridized carbons (Fsp3) is 0.333. The van der Waals surface area contributed by atoms with Crippen LogP contribution in [0, 0.1) is 0 Å². The summed E-state index contributed by atoms with van der Waals surface area (Å²) in [5.74, 6) is 1.06. The highest BCUT2D eigenvalue weighted by molar-refractivity contribution is 8.00. The van der Waals surface area contributed by atoms with Crippen molar-refractivity contribution in [1.29, 1.82) is 0 Å². The number of carbonyl (C=O) groups is 2. The van der Waals surface area contributed by atoms with Crippen LogP contribution in [0.2, 0.25) is 0 Å². The van der Waals surface area contributed by atoms with Gasteiger partial charge in [0.05, 0.1) is 12.4 Å². The molecule has 2 aromatic rings. The van der Waals surface area contributed by atoms with Gasteiger partial charge in [0.2, 0.25) is 5.91 Å². The number of benzene rings is 2. The summed E-state index contributed by atoms with van der Waals surface area (Å²) in [6.07, 6.45) is 0. The van der Waals surface area contributed by atoms with E-state index in [1.54, 1.807) is 29.2 Å². The molecule has 0 saturated heterocycles. The number of anilines is 1. The van der Waals surface area contributed by atoms with Gasteiger partial charge in [0, 0.05) is 29.2 Å². The number of hydrogen-bond donors (Lipinski definition) is 1. The fourth-order valence-electron chi connectivity index (χ4n) is 2.53. The number of amides is 2. The molecule has 0 spiro atoms. The molecule has 0 radical (unpaired) electrons. The van der Waals surface area contributed by atoms with E-state index in [-0.39, 0.29) is 11.8 Å². The lowest BCUT2D eigenvalue weighted by Gasteiger charge is -2.18. The van der Waals surface area contributed by atoms with Crippen LogP contribution in [0.1, 0.15) is 31.1 Å². The maximum absolute atomic E-state index is 12.3. The molecule has 0 aliphatic rings. The first-order valence-electron chi connectivity index (χ1n) is 9.12. The monoisotopic (exact) mass is 386 g/mol. The SMILES string of the molecule is CCOc1ccc(SCC(=O)Nc2ccc(C(=O)N(CC)CC)cc2)cc1. The third-order valence-electron chi connectivity index (χ3n) is 3.97. The first-order chi connectivity index (χ1) is 13.1. The lowest BCUT2D eigenvalue weighted by Crippen LogP contribution is -2.30. The Labute approximate surface area is 165 Å². The molecular weight excluding hydrogens is 360 g/mol. The Morgan fingerprint density at radius 3 is 2.15 bits per heavy atom. The number of thioether (sulfide) groups is 1. The molecule has 144 valence electrons. The van der Waals surface area contributed by atoms with Crippen LogP contribution in [0.15, 0.2) is 53.4 Å². The first-order valence-corrected chi connectivity index (χ1v) is 10.1. The Bertz CT molecular complexity index is 741. The van der Waals surface area contributed by atoms with E-state index in [2.05, 4.69) is 5.32 Å². The van der Waals surface area contributed by atoms with Gasteiger partial charge in [-0.1, -0.05) is 0 Å². The third kappa shape index (κ3) is 6.32. The van der Waals surface area contributed by atoms with Crippen molar-refractivity contribution in [3.05, 3.63) is 54.1 Å². The van der Waals surface area contributed by atoms with Gasteiger partial charge in [-0.3, -0.25) is 9.59 Å². The summed E-state index contributed by atoms with van der Waals surface area (Å²) in [5, 5.41) is 2.86. The summed E-state index contributed by atoms with van der Waals surface area (Å²) in [5.41, 5.74) is 1.31. The van der Waals surface area contributed by atoms with Gasteiger partial charge in [-0.2, -0.15) is 0 Å². The fourth-order valence-corrected chi connectivity index (χ4v) is 3.23. The molecule has 0 unspecified atom stereocenters. The molecule has 0 heterocycles. The Morgan fingerprint density at radius 1 is 0.963 bits per heavy atom. The van der Waals surface area contributed by atoms with E-state index in [9.17, 15) is 9.59 Å².